The topological polar surface area (TPSA) is 72.9 Å². The molecule has 3 rings (SSSR count). The number of nitrogens with two attached hydrogens (primary N) is 1. The second-order valence-electron chi connectivity index (χ2n) is 5.59. The average Bonchev–Trinajstić information content (AvgIpc) is 3.12. The second kappa shape index (κ2) is 8.91. The number of rotatable bonds is 4. The summed E-state index contributed by atoms with van der Waals surface area (Å²) < 4.78 is 1.89. The Hall–Kier alpha value is -1.56. The number of amides is 1. The fourth-order valence-corrected chi connectivity index (χ4v) is 2.96. The molecule has 0 bridgehead atoms. The van der Waals surface area contributed by atoms with E-state index in [9.17, 15) is 4.79 Å². The SMILES string of the molecule is Cl.Cl.N[C@@H]1CCC[C@H]1CC(=O)Nc1ccccc1-n1ccnc1. The van der Waals surface area contributed by atoms with Crippen molar-refractivity contribution in [2.45, 2.75) is 31.7 Å². The number of carbonyl (C=O) groups excluding carboxylic acids is 1. The number of carbonyl (C=O) groups is 1. The van der Waals surface area contributed by atoms with Crippen molar-refractivity contribution < 1.29 is 4.79 Å². The highest BCUT2D eigenvalue weighted by Gasteiger charge is 2.26. The van der Waals surface area contributed by atoms with Crippen LogP contribution in [0.1, 0.15) is 25.7 Å². The fourth-order valence-electron chi connectivity index (χ4n) is 2.96. The Balaban J connectivity index is 0.00000132. The van der Waals surface area contributed by atoms with Crippen LogP contribution < -0.4 is 11.1 Å². The lowest BCUT2D eigenvalue weighted by atomic mass is 10.00. The van der Waals surface area contributed by atoms with Crippen molar-refractivity contribution in [3.63, 3.8) is 0 Å². The first-order chi connectivity index (χ1) is 10.2. The molecule has 23 heavy (non-hydrogen) atoms. The van der Waals surface area contributed by atoms with Gasteiger partial charge in [-0.2, -0.15) is 0 Å². The molecule has 0 radical (unpaired) electrons. The summed E-state index contributed by atoms with van der Waals surface area (Å²) in [5, 5.41) is 3.00. The number of nitrogens with one attached hydrogen (secondary N) is 1. The number of hydrogen-bond donors (Lipinski definition) is 2. The molecule has 3 N–H and O–H groups in total. The van der Waals surface area contributed by atoms with Crippen LogP contribution in [0, 0.1) is 5.92 Å². The Morgan fingerprint density at radius 3 is 2.74 bits per heavy atom. The van der Waals surface area contributed by atoms with E-state index in [2.05, 4.69) is 10.3 Å². The molecule has 126 valence electrons. The monoisotopic (exact) mass is 356 g/mol. The maximum atomic E-state index is 12.2. The van der Waals surface area contributed by atoms with Gasteiger partial charge < -0.3 is 15.6 Å². The standard InChI is InChI=1S/C16H20N4O.2ClH/c17-13-5-3-4-12(13)10-16(21)19-14-6-1-2-7-15(14)20-9-8-18-11-20;;/h1-2,6-9,11-13H,3-5,10,17H2,(H,19,21);2*1H/t12-,13+;;/m0../s1. The highest BCUT2D eigenvalue weighted by Crippen LogP contribution is 2.27. The molecule has 1 heterocycles. The van der Waals surface area contributed by atoms with Gasteiger partial charge in [0.15, 0.2) is 0 Å². The number of anilines is 1. The number of imidazole rings is 1. The van der Waals surface area contributed by atoms with Crippen molar-refractivity contribution in [3.8, 4) is 5.69 Å². The summed E-state index contributed by atoms with van der Waals surface area (Å²) in [5.41, 5.74) is 7.75. The summed E-state index contributed by atoms with van der Waals surface area (Å²) in [6.07, 6.45) is 9.01. The Labute approximate surface area is 148 Å². The third-order valence-corrected chi connectivity index (χ3v) is 4.13. The van der Waals surface area contributed by atoms with Crippen LogP contribution in [-0.2, 0) is 4.79 Å². The van der Waals surface area contributed by atoms with E-state index in [4.69, 9.17) is 5.73 Å². The Morgan fingerprint density at radius 2 is 2.09 bits per heavy atom. The van der Waals surface area contributed by atoms with Gasteiger partial charge in [-0.05, 0) is 30.9 Å². The average molecular weight is 357 g/mol. The molecule has 1 aromatic heterocycles. The van der Waals surface area contributed by atoms with Crippen molar-refractivity contribution >= 4 is 36.4 Å². The molecular formula is C16H22Cl2N4O. The lowest BCUT2D eigenvalue weighted by Gasteiger charge is -2.16. The van der Waals surface area contributed by atoms with Crippen LogP contribution in [0.3, 0.4) is 0 Å². The van der Waals surface area contributed by atoms with Gasteiger partial charge in [-0.25, -0.2) is 4.98 Å². The van der Waals surface area contributed by atoms with Gasteiger partial charge >= 0.3 is 0 Å². The molecule has 1 aromatic carbocycles. The first kappa shape index (κ1) is 19.5. The predicted molar refractivity (Wildman–Crippen MR) is 96.6 cm³/mol. The van der Waals surface area contributed by atoms with Gasteiger partial charge in [-0.1, -0.05) is 18.6 Å². The van der Waals surface area contributed by atoms with Crippen LogP contribution in [0.15, 0.2) is 43.0 Å². The zero-order valence-electron chi connectivity index (χ0n) is 12.7. The van der Waals surface area contributed by atoms with Crippen molar-refractivity contribution in [2.24, 2.45) is 11.7 Å². The maximum absolute atomic E-state index is 12.2. The van der Waals surface area contributed by atoms with E-state index in [1.807, 2.05) is 35.0 Å². The van der Waals surface area contributed by atoms with Crippen LogP contribution in [0.25, 0.3) is 5.69 Å². The third kappa shape index (κ3) is 4.70. The lowest BCUT2D eigenvalue weighted by Crippen LogP contribution is -2.28. The molecule has 0 saturated heterocycles. The zero-order chi connectivity index (χ0) is 14.7. The summed E-state index contributed by atoms with van der Waals surface area (Å²) in [4.78, 5) is 16.3. The summed E-state index contributed by atoms with van der Waals surface area (Å²) in [5.74, 6) is 0.343. The highest BCUT2D eigenvalue weighted by molar-refractivity contribution is 5.93. The first-order valence-corrected chi connectivity index (χ1v) is 7.37. The predicted octanol–water partition coefficient (Wildman–Crippen LogP) is 3.17. The quantitative estimate of drug-likeness (QED) is 0.883. The Bertz CT molecular complexity index is 618. The van der Waals surface area contributed by atoms with Gasteiger partial charge in [0, 0.05) is 24.9 Å². The van der Waals surface area contributed by atoms with Crippen molar-refractivity contribution in [1.82, 2.24) is 9.55 Å². The van der Waals surface area contributed by atoms with E-state index in [0.717, 1.165) is 30.6 Å². The molecule has 0 spiro atoms. The van der Waals surface area contributed by atoms with E-state index in [-0.39, 0.29) is 36.8 Å². The Kier molecular flexibility index (Phi) is 7.55. The molecule has 1 saturated carbocycles. The second-order valence-corrected chi connectivity index (χ2v) is 5.59. The minimum Gasteiger partial charge on any atom is -0.327 e. The molecule has 1 fully saturated rings. The van der Waals surface area contributed by atoms with Gasteiger partial charge in [0.05, 0.1) is 17.7 Å². The molecule has 1 aliphatic carbocycles. The molecule has 1 amide bonds. The molecular weight excluding hydrogens is 335 g/mol. The van der Waals surface area contributed by atoms with Gasteiger partial charge in [0.25, 0.3) is 0 Å². The van der Waals surface area contributed by atoms with Gasteiger partial charge in [-0.3, -0.25) is 4.79 Å². The minimum absolute atomic E-state index is 0. The van der Waals surface area contributed by atoms with E-state index in [0.29, 0.717) is 12.3 Å². The molecule has 0 aliphatic heterocycles. The molecule has 5 nitrogen and oxygen atoms in total. The molecule has 7 heteroatoms. The van der Waals surface area contributed by atoms with Crippen molar-refractivity contribution in [2.75, 3.05) is 5.32 Å². The number of hydrogen-bond acceptors (Lipinski definition) is 3. The van der Waals surface area contributed by atoms with Crippen molar-refractivity contribution in [1.29, 1.82) is 0 Å². The largest absolute Gasteiger partial charge is 0.327 e. The van der Waals surface area contributed by atoms with E-state index < -0.39 is 0 Å². The van der Waals surface area contributed by atoms with Gasteiger partial charge in [0.1, 0.15) is 0 Å². The lowest BCUT2D eigenvalue weighted by molar-refractivity contribution is -0.117. The minimum atomic E-state index is 0. The summed E-state index contributed by atoms with van der Waals surface area (Å²) in [6.45, 7) is 0. The van der Waals surface area contributed by atoms with Gasteiger partial charge in [0.2, 0.25) is 5.91 Å². The number of para-hydroxylation sites is 2. The van der Waals surface area contributed by atoms with E-state index in [1.54, 1.807) is 12.5 Å². The summed E-state index contributed by atoms with van der Waals surface area (Å²) >= 11 is 0. The molecule has 2 atom stereocenters. The van der Waals surface area contributed by atoms with Crippen LogP contribution in [0.4, 0.5) is 5.69 Å². The molecule has 2 aromatic rings. The smallest absolute Gasteiger partial charge is 0.224 e. The number of benzene rings is 1. The highest BCUT2D eigenvalue weighted by atomic mass is 35.5. The fraction of sp³-hybridized carbons (Fsp3) is 0.375. The van der Waals surface area contributed by atoms with Gasteiger partial charge in [-0.15, -0.1) is 24.8 Å². The molecule has 1 aliphatic rings. The zero-order valence-corrected chi connectivity index (χ0v) is 14.4. The van der Waals surface area contributed by atoms with Crippen LogP contribution in [0.2, 0.25) is 0 Å². The first-order valence-electron chi connectivity index (χ1n) is 7.37. The van der Waals surface area contributed by atoms with Crippen molar-refractivity contribution in [3.05, 3.63) is 43.0 Å². The van der Waals surface area contributed by atoms with Crippen LogP contribution in [0.5, 0.6) is 0 Å². The summed E-state index contributed by atoms with van der Waals surface area (Å²) in [6, 6.07) is 7.88. The third-order valence-electron chi connectivity index (χ3n) is 4.13. The maximum Gasteiger partial charge on any atom is 0.224 e. The summed E-state index contributed by atoms with van der Waals surface area (Å²) in [7, 11) is 0. The number of aromatic nitrogens is 2. The van der Waals surface area contributed by atoms with E-state index >= 15 is 0 Å². The number of halogens is 2. The number of nitrogens with zero attached hydrogens (tertiary/aromatic N) is 2. The van der Waals surface area contributed by atoms with E-state index in [1.165, 1.54) is 0 Å². The Morgan fingerprint density at radius 1 is 1.30 bits per heavy atom. The van der Waals surface area contributed by atoms with Crippen LogP contribution >= 0.6 is 24.8 Å². The normalized spacial score (nSPS) is 19.5. The van der Waals surface area contributed by atoms with Crippen LogP contribution in [-0.4, -0.2) is 21.5 Å². The molecule has 0 unspecified atom stereocenters.